The number of aliphatic carboxylic acids is 6. The van der Waals surface area contributed by atoms with Crippen LogP contribution >= 0.6 is 7.92 Å². The van der Waals surface area contributed by atoms with Crippen molar-refractivity contribution in [3.05, 3.63) is 89.5 Å². The maximum Gasteiger partial charge on any atom is 0.326 e. The van der Waals surface area contributed by atoms with Gasteiger partial charge in [0.2, 0.25) is 0 Å². The number of nitrogens with one attached hydrogen (secondary N) is 3. The summed E-state index contributed by atoms with van der Waals surface area (Å²) in [6.45, 7) is 0. The third kappa shape index (κ3) is 13.0. The minimum atomic E-state index is -1.53. The lowest BCUT2D eigenvalue weighted by Gasteiger charge is -2.21. The molecular formula is C36H36N3O15P. The molecule has 3 rings (SSSR count). The van der Waals surface area contributed by atoms with Crippen molar-refractivity contribution in [3.8, 4) is 0 Å². The molecule has 9 N–H and O–H groups in total. The molecule has 55 heavy (non-hydrogen) atoms. The van der Waals surface area contributed by atoms with E-state index in [0.29, 0.717) is 15.9 Å². The molecule has 0 fully saturated rings. The van der Waals surface area contributed by atoms with Gasteiger partial charge >= 0.3 is 35.8 Å². The zero-order valence-electron chi connectivity index (χ0n) is 28.7. The Bertz CT molecular complexity index is 1710. The number of benzene rings is 3. The van der Waals surface area contributed by atoms with E-state index in [1.54, 1.807) is 36.4 Å². The molecule has 0 aromatic heterocycles. The second-order valence-corrected chi connectivity index (χ2v) is 14.1. The Balaban J connectivity index is 1.95. The Kier molecular flexibility index (Phi) is 15.5. The Morgan fingerprint density at radius 1 is 0.400 bits per heavy atom. The fourth-order valence-electron chi connectivity index (χ4n) is 5.03. The largest absolute Gasteiger partial charge is 0.481 e. The van der Waals surface area contributed by atoms with Gasteiger partial charge in [0.05, 0.1) is 0 Å². The van der Waals surface area contributed by atoms with E-state index in [4.69, 9.17) is 15.3 Å². The van der Waals surface area contributed by atoms with Gasteiger partial charge in [0.25, 0.3) is 17.7 Å². The van der Waals surface area contributed by atoms with Crippen LogP contribution in [0.25, 0.3) is 0 Å². The molecule has 18 nitrogen and oxygen atoms in total. The molecule has 3 aromatic rings. The standard InChI is InChI=1S/C36H36N3O15P/c40-28(41)16-13-25(34(49)50)37-31(46)19-1-7-22(8-2-19)55(23-9-3-20(4-10-23)32(47)38-26(35(51)52)14-17-29(42)43)24-11-5-21(6-12-24)33(48)39-27(36(53)54)15-18-30(44)45/h1-12,25-27H,13-18H2,(H,37,46)(H,38,47)(H,39,48)(H,40,41)(H,42,43)(H,44,45)(H,49,50)(H,51,52)(H,53,54). The first-order valence-corrected chi connectivity index (χ1v) is 17.7. The van der Waals surface area contributed by atoms with E-state index < -0.39 is 98.8 Å². The smallest absolute Gasteiger partial charge is 0.326 e. The molecule has 0 spiro atoms. The van der Waals surface area contributed by atoms with Gasteiger partial charge in [-0.05, 0) is 79.5 Å². The van der Waals surface area contributed by atoms with Gasteiger partial charge in [-0.15, -0.1) is 0 Å². The minimum Gasteiger partial charge on any atom is -0.481 e. The normalized spacial score (nSPS) is 12.9. The van der Waals surface area contributed by atoms with Gasteiger partial charge in [-0.2, -0.15) is 0 Å². The lowest BCUT2D eigenvalue weighted by Crippen LogP contribution is -2.41. The van der Waals surface area contributed by atoms with Crippen molar-refractivity contribution >= 4 is 77.4 Å². The van der Waals surface area contributed by atoms with Crippen LogP contribution in [0.15, 0.2) is 72.8 Å². The van der Waals surface area contributed by atoms with Crippen molar-refractivity contribution < 1.29 is 73.8 Å². The van der Waals surface area contributed by atoms with Crippen molar-refractivity contribution in [2.75, 3.05) is 0 Å². The van der Waals surface area contributed by atoms with Crippen LogP contribution in [-0.4, -0.2) is 102 Å². The van der Waals surface area contributed by atoms with E-state index >= 15 is 0 Å². The van der Waals surface area contributed by atoms with E-state index in [2.05, 4.69) is 16.0 Å². The van der Waals surface area contributed by atoms with Crippen LogP contribution in [0, 0.1) is 0 Å². The van der Waals surface area contributed by atoms with Crippen LogP contribution in [0.2, 0.25) is 0 Å². The summed E-state index contributed by atoms with van der Waals surface area (Å²) in [5.41, 5.74) is 0.184. The molecule has 0 heterocycles. The highest BCUT2D eigenvalue weighted by atomic mass is 31.1. The van der Waals surface area contributed by atoms with Gasteiger partial charge in [0.1, 0.15) is 18.1 Å². The van der Waals surface area contributed by atoms with Gasteiger partial charge in [-0.25, -0.2) is 14.4 Å². The number of carboxylic acids is 6. The number of carboxylic acid groups (broad SMARTS) is 6. The molecule has 3 aromatic carbocycles. The molecule has 0 aliphatic carbocycles. The summed E-state index contributed by atoms with van der Waals surface area (Å²) in [5, 5.41) is 63.8. The van der Waals surface area contributed by atoms with Gasteiger partial charge in [0.15, 0.2) is 0 Å². The lowest BCUT2D eigenvalue weighted by atomic mass is 10.1. The first kappa shape index (κ1) is 42.7. The predicted octanol–water partition coefficient (Wildman–Crippen LogP) is 0.588. The molecule has 19 heteroatoms. The fourth-order valence-corrected chi connectivity index (χ4v) is 7.27. The topological polar surface area (TPSA) is 311 Å². The third-order valence-corrected chi connectivity index (χ3v) is 10.4. The first-order chi connectivity index (χ1) is 26.0. The molecule has 0 aliphatic rings. The van der Waals surface area contributed by atoms with Crippen LogP contribution in [0.5, 0.6) is 0 Å². The average Bonchev–Trinajstić information content (AvgIpc) is 3.13. The predicted molar refractivity (Wildman–Crippen MR) is 192 cm³/mol. The van der Waals surface area contributed by atoms with Crippen molar-refractivity contribution in [2.45, 2.75) is 56.7 Å². The summed E-state index contributed by atoms with van der Waals surface area (Å²) >= 11 is 0. The Labute approximate surface area is 312 Å². The highest BCUT2D eigenvalue weighted by Crippen LogP contribution is 2.33. The molecule has 0 bridgehead atoms. The summed E-state index contributed by atoms with van der Waals surface area (Å²) in [4.78, 5) is 106. The van der Waals surface area contributed by atoms with E-state index in [0.717, 1.165) is 0 Å². The molecular weight excluding hydrogens is 745 g/mol. The zero-order chi connectivity index (χ0) is 40.8. The SMILES string of the molecule is O=C(O)CCC(NC(=O)c1ccc(P(c2ccc(C(=O)NC(CCC(=O)O)C(=O)O)cc2)c2ccc(C(=O)NC(CCC(=O)O)C(=O)O)cc2)cc1)C(=O)O. The summed E-state index contributed by atoms with van der Waals surface area (Å²) < 4.78 is 0. The monoisotopic (exact) mass is 781 g/mol. The van der Waals surface area contributed by atoms with Crippen molar-refractivity contribution in [3.63, 3.8) is 0 Å². The molecule has 0 saturated carbocycles. The van der Waals surface area contributed by atoms with Crippen LogP contribution in [0.1, 0.15) is 69.6 Å². The van der Waals surface area contributed by atoms with Gasteiger partial charge in [-0.3, -0.25) is 28.8 Å². The lowest BCUT2D eigenvalue weighted by molar-refractivity contribution is -0.142. The van der Waals surface area contributed by atoms with Gasteiger partial charge in [-0.1, -0.05) is 36.4 Å². The number of hydrogen-bond acceptors (Lipinski definition) is 9. The van der Waals surface area contributed by atoms with Crippen molar-refractivity contribution in [1.82, 2.24) is 16.0 Å². The van der Waals surface area contributed by atoms with Crippen LogP contribution < -0.4 is 31.9 Å². The third-order valence-electron chi connectivity index (χ3n) is 7.91. The molecule has 3 amide bonds. The Morgan fingerprint density at radius 3 is 0.800 bits per heavy atom. The van der Waals surface area contributed by atoms with Crippen LogP contribution in [0.3, 0.4) is 0 Å². The highest BCUT2D eigenvalue weighted by molar-refractivity contribution is 7.79. The van der Waals surface area contributed by atoms with Gasteiger partial charge in [0, 0.05) is 36.0 Å². The summed E-state index contributed by atoms with van der Waals surface area (Å²) in [7, 11) is -1.53. The summed E-state index contributed by atoms with van der Waals surface area (Å²) in [6, 6.07) is 13.7. The van der Waals surface area contributed by atoms with Crippen LogP contribution in [-0.2, 0) is 28.8 Å². The molecule has 0 radical (unpaired) electrons. The van der Waals surface area contributed by atoms with Crippen LogP contribution in [0.4, 0.5) is 0 Å². The highest BCUT2D eigenvalue weighted by Gasteiger charge is 2.26. The maximum atomic E-state index is 12.9. The maximum absolute atomic E-state index is 12.9. The average molecular weight is 782 g/mol. The van der Waals surface area contributed by atoms with Crippen molar-refractivity contribution in [2.24, 2.45) is 0 Å². The summed E-state index contributed by atoms with van der Waals surface area (Å²) in [6.07, 6.45) is -2.51. The van der Waals surface area contributed by atoms with E-state index in [1.807, 2.05) is 0 Å². The molecule has 0 saturated heterocycles. The Hall–Kier alpha value is -6.68. The number of carbonyl (C=O) groups excluding carboxylic acids is 3. The fraction of sp³-hybridized carbons (Fsp3) is 0.250. The molecule has 290 valence electrons. The number of rotatable bonds is 21. The molecule has 3 unspecified atom stereocenters. The van der Waals surface area contributed by atoms with E-state index in [9.17, 15) is 58.5 Å². The quantitative estimate of drug-likeness (QED) is 0.0668. The first-order valence-electron chi connectivity index (χ1n) is 16.3. The molecule has 3 atom stereocenters. The van der Waals surface area contributed by atoms with E-state index in [1.165, 1.54) is 36.4 Å². The number of amides is 3. The number of carbonyl (C=O) groups is 9. The summed E-state index contributed by atoms with van der Waals surface area (Å²) in [5.74, 6) is -10.3. The number of hydrogen-bond donors (Lipinski definition) is 9. The second kappa shape index (κ2) is 20.0. The second-order valence-electron chi connectivity index (χ2n) is 11.9. The molecule has 0 aliphatic heterocycles. The Morgan fingerprint density at radius 2 is 0.618 bits per heavy atom. The minimum absolute atomic E-state index is 0.0612. The zero-order valence-corrected chi connectivity index (χ0v) is 29.6. The van der Waals surface area contributed by atoms with Crippen molar-refractivity contribution in [1.29, 1.82) is 0 Å². The van der Waals surface area contributed by atoms with Gasteiger partial charge < -0.3 is 46.6 Å². The van der Waals surface area contributed by atoms with E-state index in [-0.39, 0.29) is 36.0 Å².